The molecule has 0 fully saturated rings. The van der Waals surface area contributed by atoms with Crippen molar-refractivity contribution in [2.45, 2.75) is 63.1 Å². The average Bonchev–Trinajstić information content (AvgIpc) is 3.61. The number of halogens is 4. The van der Waals surface area contributed by atoms with Gasteiger partial charge >= 0.3 is 6.18 Å². The molecule has 0 bridgehead atoms. The van der Waals surface area contributed by atoms with Crippen molar-refractivity contribution in [2.24, 2.45) is 0 Å². The van der Waals surface area contributed by atoms with Crippen LogP contribution >= 0.6 is 11.8 Å². The summed E-state index contributed by atoms with van der Waals surface area (Å²) in [7, 11) is 0. The number of benzene rings is 3. The standard InChI is InChI=1S/C36H38F4N4O2S/c1-3-42(4-2)20-21-43(22-25-8-12-27(13-9-25)28-14-16-29(17-15-28)36(38,39)40)33(45)23-44-32-7-5-6-31(32)34(46)41-35(44)47-24-26-10-18-30(37)19-11-26/h8-19H,3-7,20-24H2,1-2H3/i3D2,4D2,8D,9D,12D,13D,22D2,23D2,24D2. The van der Waals surface area contributed by atoms with Crippen molar-refractivity contribution in [1.82, 2.24) is 19.4 Å². The van der Waals surface area contributed by atoms with Gasteiger partial charge in [-0.1, -0.05) is 74.0 Å². The molecule has 0 saturated heterocycles. The van der Waals surface area contributed by atoms with E-state index < -0.39 is 114 Å². The molecule has 0 saturated carbocycles. The summed E-state index contributed by atoms with van der Waals surface area (Å²) < 4.78 is 177. The number of alkyl halides is 3. The van der Waals surface area contributed by atoms with Crippen molar-refractivity contribution in [3.05, 3.63) is 117 Å². The Bertz CT molecular complexity index is 2350. The summed E-state index contributed by atoms with van der Waals surface area (Å²) >= 11 is 0.186. The van der Waals surface area contributed by atoms with E-state index in [1.165, 1.54) is 0 Å². The number of carbonyl (C=O) groups excluding carboxylic acids is 1. The zero-order chi connectivity index (χ0) is 46.0. The first kappa shape index (κ1) is 20.4. The van der Waals surface area contributed by atoms with Crippen LogP contribution in [-0.2, 0) is 42.5 Å². The molecule has 11 heteroatoms. The van der Waals surface area contributed by atoms with Gasteiger partial charge in [0.05, 0.1) is 16.5 Å². The van der Waals surface area contributed by atoms with Crippen LogP contribution in [0.25, 0.3) is 11.1 Å². The second kappa shape index (κ2) is 15.3. The minimum Gasteiger partial charge on any atom is -0.336 e. The molecule has 0 radical (unpaired) electrons. The first-order valence-corrected chi connectivity index (χ1v) is 15.1. The number of aromatic nitrogens is 2. The monoisotopic (exact) mass is 680 g/mol. The molecule has 0 N–H and O–H groups in total. The molecule has 1 aliphatic rings. The Morgan fingerprint density at radius 3 is 2.28 bits per heavy atom. The van der Waals surface area contributed by atoms with Crippen LogP contribution in [0.15, 0.2) is 82.7 Å². The predicted molar refractivity (Wildman–Crippen MR) is 177 cm³/mol. The zero-order valence-electron chi connectivity index (χ0n) is 39.2. The van der Waals surface area contributed by atoms with Crippen molar-refractivity contribution in [3.63, 3.8) is 0 Å². The van der Waals surface area contributed by atoms with Gasteiger partial charge in [0.2, 0.25) is 5.91 Å². The highest BCUT2D eigenvalue weighted by Crippen LogP contribution is 2.31. The third-order valence-corrected chi connectivity index (χ3v) is 7.92. The lowest BCUT2D eigenvalue weighted by atomic mass is 10.0. The highest BCUT2D eigenvalue weighted by atomic mass is 32.2. The normalized spacial score (nSPS) is 18.7. The fourth-order valence-electron chi connectivity index (χ4n) is 4.70. The largest absolute Gasteiger partial charge is 0.416 e. The molecule has 47 heavy (non-hydrogen) atoms. The highest BCUT2D eigenvalue weighted by molar-refractivity contribution is 7.98. The van der Waals surface area contributed by atoms with Crippen LogP contribution in [0.2, 0.25) is 0 Å². The summed E-state index contributed by atoms with van der Waals surface area (Å²) in [4.78, 5) is 32.8. The molecule has 1 aromatic heterocycles. The van der Waals surface area contributed by atoms with Gasteiger partial charge in [-0.3, -0.25) is 9.59 Å². The molecule has 1 aliphatic carbocycles. The number of fused-ring (bicyclic) bond motifs is 1. The lowest BCUT2D eigenvalue weighted by Gasteiger charge is -2.28. The van der Waals surface area contributed by atoms with Crippen molar-refractivity contribution < 1.29 is 41.5 Å². The quantitative estimate of drug-likeness (QED) is 0.0849. The summed E-state index contributed by atoms with van der Waals surface area (Å²) in [6, 6.07) is 3.04. The van der Waals surface area contributed by atoms with Gasteiger partial charge in [0.15, 0.2) is 5.16 Å². The van der Waals surface area contributed by atoms with Gasteiger partial charge in [-0.05, 0) is 78.8 Å². The molecule has 6 nitrogen and oxygen atoms in total. The third-order valence-electron chi connectivity index (χ3n) is 7.12. The summed E-state index contributed by atoms with van der Waals surface area (Å²) in [5.41, 5.74) is -6.65. The fourth-order valence-corrected chi connectivity index (χ4v) is 5.43. The molecule has 4 aromatic rings. The van der Waals surface area contributed by atoms with Crippen molar-refractivity contribution >= 4 is 17.7 Å². The maximum Gasteiger partial charge on any atom is 0.416 e. The maximum atomic E-state index is 14.9. The van der Waals surface area contributed by atoms with Crippen LogP contribution in [0.3, 0.4) is 0 Å². The number of hydrogen-bond donors (Lipinski definition) is 0. The molecule has 5 rings (SSSR count). The Kier molecular flexibility index (Phi) is 6.64. The summed E-state index contributed by atoms with van der Waals surface area (Å²) in [6.45, 7) is -12.1. The van der Waals surface area contributed by atoms with Crippen LogP contribution in [0.1, 0.15) is 67.4 Å². The van der Waals surface area contributed by atoms with Crippen molar-refractivity contribution in [1.29, 1.82) is 0 Å². The Morgan fingerprint density at radius 1 is 0.957 bits per heavy atom. The molecule has 0 aliphatic heterocycles. The number of thioether (sulfide) groups is 1. The highest BCUT2D eigenvalue weighted by Gasteiger charge is 2.30. The maximum absolute atomic E-state index is 14.9. The second-order valence-electron chi connectivity index (χ2n) is 10.1. The number of rotatable bonds is 13. The molecule has 1 amide bonds. The number of nitrogens with zero attached hydrogens (tertiary/aromatic N) is 4. The Balaban J connectivity index is 1.72. The minimum absolute atomic E-state index is 0.0269. The average molecular weight is 681 g/mol. The van der Waals surface area contributed by atoms with Gasteiger partial charge < -0.3 is 14.4 Å². The summed E-state index contributed by atoms with van der Waals surface area (Å²) in [5, 5.41) is -0.694. The van der Waals surface area contributed by atoms with E-state index in [2.05, 4.69) is 4.98 Å². The molecular formula is C36H38F4N4O2S. The first-order chi connectivity index (χ1) is 27.8. The zero-order valence-corrected chi connectivity index (χ0v) is 26.0. The minimum atomic E-state index is -4.75. The van der Waals surface area contributed by atoms with Gasteiger partial charge in [-0.15, -0.1) is 0 Å². The molecule has 0 unspecified atom stereocenters. The van der Waals surface area contributed by atoms with E-state index in [0.29, 0.717) is 21.6 Å². The first-order valence-electron chi connectivity index (χ1n) is 21.3. The smallest absolute Gasteiger partial charge is 0.336 e. The van der Waals surface area contributed by atoms with Gasteiger partial charge in [-0.2, -0.15) is 18.2 Å². The van der Waals surface area contributed by atoms with Crippen molar-refractivity contribution in [3.8, 4) is 11.1 Å². The topological polar surface area (TPSA) is 58.4 Å². The van der Waals surface area contributed by atoms with Crippen LogP contribution < -0.4 is 5.56 Å². The van der Waals surface area contributed by atoms with E-state index >= 15 is 0 Å². The Hall–Kier alpha value is -3.96. The Labute approximate surface area is 296 Å². The molecule has 248 valence electrons. The van der Waals surface area contributed by atoms with Crippen LogP contribution in [0, 0.1) is 5.82 Å². The van der Waals surface area contributed by atoms with Gasteiger partial charge in [-0.25, -0.2) is 4.39 Å². The van der Waals surface area contributed by atoms with Crippen LogP contribution in [-0.4, -0.2) is 51.3 Å². The summed E-state index contributed by atoms with van der Waals surface area (Å²) in [6.07, 6.45) is -4.45. The number of carbonyl (C=O) groups is 1. The molecule has 3 aromatic carbocycles. The molecule has 0 spiro atoms. The molecule has 1 heterocycles. The van der Waals surface area contributed by atoms with Gasteiger partial charge in [0, 0.05) is 44.8 Å². The predicted octanol–water partition coefficient (Wildman–Crippen LogP) is 7.22. The molecule has 0 atom stereocenters. The second-order valence-corrected chi connectivity index (χ2v) is 10.9. The number of hydrogen-bond acceptors (Lipinski definition) is 5. The fraction of sp³-hybridized carbons (Fsp3) is 0.361. The van der Waals surface area contributed by atoms with E-state index in [1.807, 2.05) is 0 Å². The van der Waals surface area contributed by atoms with Crippen LogP contribution in [0.5, 0.6) is 0 Å². The third kappa shape index (κ3) is 8.70. The molecular weight excluding hydrogens is 628 g/mol. The van der Waals surface area contributed by atoms with Gasteiger partial charge in [0.25, 0.3) is 5.56 Å². The van der Waals surface area contributed by atoms with E-state index in [4.69, 9.17) is 13.7 Å². The van der Waals surface area contributed by atoms with Gasteiger partial charge in [0.1, 0.15) is 12.3 Å². The SMILES string of the molecule is [2H]c1c([2H])c(C([2H])([2H])N(CCN(C([2H])([2H])C)C([2H])([2H])C)C(=O)C([2H])([2H])n2c(SC([2H])([2H])c3ccc(F)cc3)nc(=O)c3c2CCC3)c([2H])c([2H])c1-c1ccc(C(F)(F)F)cc1. The number of likely N-dealkylation sites (N-methyl/N-ethyl adjacent to an activating group) is 1. The Morgan fingerprint density at radius 2 is 1.64 bits per heavy atom. The summed E-state index contributed by atoms with van der Waals surface area (Å²) in [5.74, 6) is -2.53. The lowest BCUT2D eigenvalue weighted by molar-refractivity contribution is -0.137. The van der Waals surface area contributed by atoms with E-state index in [0.717, 1.165) is 50.2 Å². The van der Waals surface area contributed by atoms with Crippen LogP contribution in [0.4, 0.5) is 17.6 Å². The van der Waals surface area contributed by atoms with E-state index in [1.54, 1.807) is 0 Å². The van der Waals surface area contributed by atoms with Crippen molar-refractivity contribution in [2.75, 3.05) is 26.1 Å². The van der Waals surface area contributed by atoms with E-state index in [-0.39, 0.29) is 58.3 Å². The number of amides is 1. The van der Waals surface area contributed by atoms with E-state index in [9.17, 15) is 32.6 Å². The lowest BCUT2D eigenvalue weighted by Crippen LogP contribution is -2.40.